The number of benzene rings is 1. The van der Waals surface area contributed by atoms with Gasteiger partial charge in [0, 0.05) is 24.7 Å². The van der Waals surface area contributed by atoms with Crippen LogP contribution in [0.4, 0.5) is 4.79 Å². The highest BCUT2D eigenvalue weighted by Gasteiger charge is 2.27. The van der Waals surface area contributed by atoms with Crippen LogP contribution >= 0.6 is 0 Å². The predicted octanol–water partition coefficient (Wildman–Crippen LogP) is 2.84. The molecule has 1 aliphatic heterocycles. The Kier molecular flexibility index (Phi) is 3.68. The smallest absolute Gasteiger partial charge is 0.407 e. The van der Waals surface area contributed by atoms with Gasteiger partial charge in [-0.3, -0.25) is 0 Å². The van der Waals surface area contributed by atoms with Crippen molar-refractivity contribution in [2.75, 3.05) is 13.1 Å². The number of ether oxygens (including phenoxy) is 1. The number of nitrogens with zero attached hydrogens (tertiary/aromatic N) is 3. The van der Waals surface area contributed by atoms with Gasteiger partial charge in [-0.05, 0) is 23.8 Å². The maximum Gasteiger partial charge on any atom is 0.407 e. The van der Waals surface area contributed by atoms with E-state index in [9.17, 15) is 9.90 Å². The molecule has 1 amide bonds. The molecule has 7 nitrogen and oxygen atoms in total. The minimum absolute atomic E-state index is 0.176. The van der Waals surface area contributed by atoms with Crippen LogP contribution in [0.1, 0.15) is 6.42 Å². The molecule has 1 aromatic carbocycles. The average Bonchev–Trinajstić information content (AvgIpc) is 3.24. The Morgan fingerprint density at radius 2 is 2.04 bits per heavy atom. The summed E-state index contributed by atoms with van der Waals surface area (Å²) in [4.78, 5) is 16.6. The zero-order valence-electron chi connectivity index (χ0n) is 13.4. The van der Waals surface area contributed by atoms with Crippen LogP contribution in [0.2, 0.25) is 0 Å². The molecule has 7 heteroatoms. The summed E-state index contributed by atoms with van der Waals surface area (Å²) >= 11 is 0. The number of carbonyl (C=O) groups is 1. The van der Waals surface area contributed by atoms with Crippen LogP contribution in [-0.2, 0) is 0 Å². The molecular weight excluding hydrogens is 322 g/mol. The fourth-order valence-electron chi connectivity index (χ4n) is 3.08. The molecule has 128 valence electrons. The molecule has 2 N–H and O–H groups in total. The first kappa shape index (κ1) is 15.3. The van der Waals surface area contributed by atoms with Gasteiger partial charge in [0.25, 0.3) is 0 Å². The van der Waals surface area contributed by atoms with E-state index in [1.807, 2.05) is 28.8 Å². The Bertz CT molecular complexity index is 920. The van der Waals surface area contributed by atoms with Crippen molar-refractivity contribution in [3.8, 4) is 22.6 Å². The summed E-state index contributed by atoms with van der Waals surface area (Å²) in [5.74, 6) is 0.879. The summed E-state index contributed by atoms with van der Waals surface area (Å²) in [5.41, 5.74) is 2.70. The molecule has 0 radical (unpaired) electrons. The summed E-state index contributed by atoms with van der Waals surface area (Å²) in [6, 6.07) is 8.86. The SMILES string of the molecule is O=C(O)N1CC[C@H](Oc2cc(-c3ccc(O)cc3)cn3cncc23)C1. The average molecular weight is 339 g/mol. The second kappa shape index (κ2) is 6.01. The molecule has 0 saturated carbocycles. The topological polar surface area (TPSA) is 87.3 Å². The van der Waals surface area contributed by atoms with E-state index < -0.39 is 6.09 Å². The number of amides is 1. The van der Waals surface area contributed by atoms with Crippen molar-refractivity contribution in [1.29, 1.82) is 0 Å². The molecule has 0 aliphatic carbocycles. The first-order valence-electron chi connectivity index (χ1n) is 8.00. The third-order valence-electron chi connectivity index (χ3n) is 4.39. The molecule has 1 atom stereocenters. The summed E-state index contributed by atoms with van der Waals surface area (Å²) in [6.07, 6.45) is 4.93. The van der Waals surface area contributed by atoms with Gasteiger partial charge in [-0.25, -0.2) is 9.78 Å². The van der Waals surface area contributed by atoms with E-state index in [2.05, 4.69) is 4.98 Å². The van der Waals surface area contributed by atoms with Gasteiger partial charge >= 0.3 is 6.09 Å². The van der Waals surface area contributed by atoms with E-state index in [0.717, 1.165) is 16.6 Å². The molecule has 1 aliphatic rings. The van der Waals surface area contributed by atoms with Crippen LogP contribution in [0, 0.1) is 0 Å². The van der Waals surface area contributed by atoms with Crippen LogP contribution in [0.3, 0.4) is 0 Å². The van der Waals surface area contributed by atoms with Crippen LogP contribution < -0.4 is 4.74 Å². The highest BCUT2D eigenvalue weighted by molar-refractivity contribution is 5.71. The summed E-state index contributed by atoms with van der Waals surface area (Å²) in [7, 11) is 0. The number of hydrogen-bond acceptors (Lipinski definition) is 4. The summed E-state index contributed by atoms with van der Waals surface area (Å²) in [6.45, 7) is 0.840. The van der Waals surface area contributed by atoms with Gasteiger partial charge in [0.2, 0.25) is 0 Å². The van der Waals surface area contributed by atoms with Crippen LogP contribution in [0.25, 0.3) is 16.6 Å². The Morgan fingerprint density at radius 1 is 1.24 bits per heavy atom. The van der Waals surface area contributed by atoms with E-state index in [0.29, 0.717) is 25.3 Å². The standard InChI is InChI=1S/C18H17N3O4/c22-14-3-1-12(2-4-14)13-7-17(16-8-19-11-21(16)9-13)25-15-5-6-20(10-15)18(23)24/h1-4,7-9,11,15,22H,5-6,10H2,(H,23,24)/t15-/m0/s1. The van der Waals surface area contributed by atoms with Gasteiger partial charge < -0.3 is 24.3 Å². The highest BCUT2D eigenvalue weighted by Crippen LogP contribution is 2.30. The number of rotatable bonds is 3. The van der Waals surface area contributed by atoms with Crippen molar-refractivity contribution >= 4 is 11.6 Å². The van der Waals surface area contributed by atoms with E-state index in [-0.39, 0.29) is 11.9 Å². The van der Waals surface area contributed by atoms with Gasteiger partial charge in [-0.15, -0.1) is 0 Å². The van der Waals surface area contributed by atoms with Crippen molar-refractivity contribution in [2.24, 2.45) is 0 Å². The van der Waals surface area contributed by atoms with Crippen LogP contribution in [0.5, 0.6) is 11.5 Å². The number of carboxylic acid groups (broad SMARTS) is 1. The Balaban J connectivity index is 1.67. The lowest BCUT2D eigenvalue weighted by molar-refractivity contribution is 0.146. The Morgan fingerprint density at radius 3 is 2.76 bits per heavy atom. The Labute approximate surface area is 143 Å². The lowest BCUT2D eigenvalue weighted by atomic mass is 10.1. The molecule has 3 aromatic rings. The number of fused-ring (bicyclic) bond motifs is 1. The van der Waals surface area contributed by atoms with E-state index in [1.54, 1.807) is 24.7 Å². The molecule has 2 aromatic heterocycles. The fourth-order valence-corrected chi connectivity index (χ4v) is 3.08. The lowest BCUT2D eigenvalue weighted by Gasteiger charge is -2.16. The molecule has 4 rings (SSSR count). The van der Waals surface area contributed by atoms with Gasteiger partial charge in [0.1, 0.15) is 23.1 Å². The predicted molar refractivity (Wildman–Crippen MR) is 90.9 cm³/mol. The summed E-state index contributed by atoms with van der Waals surface area (Å²) in [5, 5.41) is 18.6. The van der Waals surface area contributed by atoms with Gasteiger partial charge in [0.15, 0.2) is 0 Å². The van der Waals surface area contributed by atoms with Crippen molar-refractivity contribution in [3.63, 3.8) is 0 Å². The lowest BCUT2D eigenvalue weighted by Crippen LogP contribution is -2.29. The molecule has 0 spiro atoms. The number of pyridine rings is 1. The largest absolute Gasteiger partial charge is 0.508 e. The normalized spacial score (nSPS) is 17.1. The monoisotopic (exact) mass is 339 g/mol. The Hall–Kier alpha value is -3.22. The number of likely N-dealkylation sites (tertiary alicyclic amines) is 1. The number of aromatic hydroxyl groups is 1. The van der Waals surface area contributed by atoms with Crippen LogP contribution in [0.15, 0.2) is 49.1 Å². The molecular formula is C18H17N3O4. The molecule has 0 bridgehead atoms. The number of aromatic nitrogens is 2. The van der Waals surface area contributed by atoms with E-state index in [4.69, 9.17) is 9.84 Å². The molecule has 1 saturated heterocycles. The van der Waals surface area contributed by atoms with Gasteiger partial charge in [-0.2, -0.15) is 0 Å². The zero-order valence-corrected chi connectivity index (χ0v) is 13.4. The molecule has 25 heavy (non-hydrogen) atoms. The minimum Gasteiger partial charge on any atom is -0.508 e. The maximum absolute atomic E-state index is 11.1. The number of imidazole rings is 1. The van der Waals surface area contributed by atoms with E-state index >= 15 is 0 Å². The third-order valence-corrected chi connectivity index (χ3v) is 4.39. The molecule has 0 unspecified atom stereocenters. The first-order chi connectivity index (χ1) is 12.1. The maximum atomic E-state index is 11.1. The number of phenols is 1. The zero-order chi connectivity index (χ0) is 17.4. The third kappa shape index (κ3) is 2.96. The second-order valence-electron chi connectivity index (χ2n) is 6.08. The number of phenolic OH excluding ortho intramolecular Hbond substituents is 1. The van der Waals surface area contributed by atoms with Crippen molar-refractivity contribution < 1.29 is 19.7 Å². The van der Waals surface area contributed by atoms with Crippen molar-refractivity contribution in [3.05, 3.63) is 49.1 Å². The highest BCUT2D eigenvalue weighted by atomic mass is 16.5. The molecule has 1 fully saturated rings. The quantitative estimate of drug-likeness (QED) is 0.766. The number of hydrogen-bond donors (Lipinski definition) is 2. The summed E-state index contributed by atoms with van der Waals surface area (Å²) < 4.78 is 7.97. The van der Waals surface area contributed by atoms with Crippen LogP contribution in [-0.4, -0.2) is 49.8 Å². The van der Waals surface area contributed by atoms with E-state index in [1.165, 1.54) is 4.90 Å². The van der Waals surface area contributed by atoms with Crippen molar-refractivity contribution in [2.45, 2.75) is 12.5 Å². The van der Waals surface area contributed by atoms with Gasteiger partial charge in [0.05, 0.1) is 19.1 Å². The van der Waals surface area contributed by atoms with Crippen molar-refractivity contribution in [1.82, 2.24) is 14.3 Å². The minimum atomic E-state index is -0.918. The van der Waals surface area contributed by atoms with Gasteiger partial charge in [-0.1, -0.05) is 12.1 Å². The molecule has 3 heterocycles. The fraction of sp³-hybridized carbons (Fsp3) is 0.222. The first-order valence-corrected chi connectivity index (χ1v) is 8.00. The second-order valence-corrected chi connectivity index (χ2v) is 6.08.